The third-order valence-corrected chi connectivity index (χ3v) is 3.27. The number of carbonyl (C=O) groups excluding carboxylic acids is 1. The van der Waals surface area contributed by atoms with Crippen molar-refractivity contribution in [3.05, 3.63) is 35.4 Å². The second-order valence-electron chi connectivity index (χ2n) is 7.24. The smallest absolute Gasteiger partial charge is 0.393 e. The van der Waals surface area contributed by atoms with E-state index in [1.807, 2.05) is 0 Å². The molecule has 0 saturated carbocycles. The van der Waals surface area contributed by atoms with Gasteiger partial charge in [-0.2, -0.15) is 26.3 Å². The monoisotopic (exact) mass is 385 g/mol. The van der Waals surface area contributed by atoms with Crippen molar-refractivity contribution < 1.29 is 35.9 Å². The summed E-state index contributed by atoms with van der Waals surface area (Å²) in [5.41, 5.74) is 2.47. The van der Waals surface area contributed by atoms with E-state index in [0.29, 0.717) is 0 Å². The van der Waals surface area contributed by atoms with Crippen LogP contribution in [-0.2, 0) is 22.4 Å². The fourth-order valence-corrected chi connectivity index (χ4v) is 2.31. The predicted molar refractivity (Wildman–Crippen MR) is 83.3 cm³/mol. The van der Waals surface area contributed by atoms with Crippen LogP contribution in [0.2, 0.25) is 0 Å². The molecule has 0 bridgehead atoms. The normalized spacial score (nSPS) is 15.5. The summed E-state index contributed by atoms with van der Waals surface area (Å²) in [5, 5.41) is 0. The van der Waals surface area contributed by atoms with Crippen LogP contribution in [0.3, 0.4) is 0 Å². The Labute approximate surface area is 147 Å². The highest BCUT2D eigenvalue weighted by Gasteiger charge is 2.47. The summed E-state index contributed by atoms with van der Waals surface area (Å²) in [5.74, 6) is -1.22. The van der Waals surface area contributed by atoms with E-state index in [-0.39, 0.29) is 11.1 Å². The van der Waals surface area contributed by atoms with Crippen LogP contribution in [0.1, 0.15) is 38.3 Å². The van der Waals surface area contributed by atoms with E-state index in [1.54, 1.807) is 0 Å². The van der Waals surface area contributed by atoms with Gasteiger partial charge in [0.25, 0.3) is 0 Å². The van der Waals surface area contributed by atoms with Crippen LogP contribution >= 0.6 is 0 Å². The van der Waals surface area contributed by atoms with Crippen molar-refractivity contribution in [2.75, 3.05) is 0 Å². The van der Waals surface area contributed by atoms with Crippen LogP contribution in [0, 0.1) is 0 Å². The Kier molecular flexibility index (Phi) is 6.39. The van der Waals surface area contributed by atoms with Crippen LogP contribution in [0.5, 0.6) is 0 Å². The van der Waals surface area contributed by atoms with E-state index in [4.69, 9.17) is 10.5 Å². The molecule has 2 N–H and O–H groups in total. The molecular formula is C17H21F6NO2. The molecule has 1 atom stereocenters. The topological polar surface area (TPSA) is 52.3 Å². The minimum atomic E-state index is -4.72. The van der Waals surface area contributed by atoms with Crippen molar-refractivity contribution >= 4 is 5.97 Å². The maximum Gasteiger partial charge on any atom is 0.393 e. The fraction of sp³-hybridized carbons (Fsp3) is 0.588. The van der Waals surface area contributed by atoms with Gasteiger partial charge in [0.1, 0.15) is 11.1 Å². The number of carbonyl (C=O) groups is 1. The van der Waals surface area contributed by atoms with Crippen molar-refractivity contribution in [1.82, 2.24) is 0 Å². The van der Waals surface area contributed by atoms with Crippen LogP contribution in [0.4, 0.5) is 26.3 Å². The molecular weight excluding hydrogens is 364 g/mol. The molecule has 1 aromatic carbocycles. The molecule has 0 heterocycles. The van der Waals surface area contributed by atoms with Gasteiger partial charge in [-0.25, -0.2) is 0 Å². The first-order valence-corrected chi connectivity index (χ1v) is 7.73. The van der Waals surface area contributed by atoms with Crippen molar-refractivity contribution in [3.63, 3.8) is 0 Å². The summed E-state index contributed by atoms with van der Waals surface area (Å²) in [4.78, 5) is 12.2. The number of benzene rings is 1. The largest absolute Gasteiger partial charge is 0.459 e. The molecule has 0 fully saturated rings. The maximum absolute atomic E-state index is 12.9. The molecule has 0 radical (unpaired) electrons. The van der Waals surface area contributed by atoms with Crippen LogP contribution in [-0.4, -0.2) is 29.5 Å². The minimum absolute atomic E-state index is 0.0445. The van der Waals surface area contributed by atoms with E-state index < -0.39 is 48.7 Å². The summed E-state index contributed by atoms with van der Waals surface area (Å²) in [7, 11) is 0. The zero-order valence-electron chi connectivity index (χ0n) is 14.6. The maximum atomic E-state index is 12.9. The lowest BCUT2D eigenvalue weighted by Gasteiger charge is -2.32. The SMILES string of the molecule is CC(C)(C)OC(=O)[C@@](N)(Cc1ccc(CC(F)(F)F)cc1)CC(F)(F)F. The van der Waals surface area contributed by atoms with Crippen LogP contribution in [0.15, 0.2) is 24.3 Å². The highest BCUT2D eigenvalue weighted by molar-refractivity contribution is 5.81. The second kappa shape index (κ2) is 7.46. The zero-order valence-corrected chi connectivity index (χ0v) is 14.6. The van der Waals surface area contributed by atoms with Crippen LogP contribution < -0.4 is 5.73 Å². The molecule has 9 heteroatoms. The number of alkyl halides is 6. The number of hydrogen-bond donors (Lipinski definition) is 1. The van der Waals surface area contributed by atoms with Gasteiger partial charge < -0.3 is 10.5 Å². The quantitative estimate of drug-likeness (QED) is 0.607. The average molecular weight is 385 g/mol. The summed E-state index contributed by atoms with van der Waals surface area (Å²) in [6, 6.07) is 4.74. The van der Waals surface area contributed by atoms with Gasteiger partial charge in [0.05, 0.1) is 12.8 Å². The van der Waals surface area contributed by atoms with E-state index in [9.17, 15) is 31.1 Å². The third kappa shape index (κ3) is 8.07. The number of halogens is 6. The second-order valence-corrected chi connectivity index (χ2v) is 7.24. The van der Waals surface area contributed by atoms with E-state index >= 15 is 0 Å². The van der Waals surface area contributed by atoms with Crippen molar-refractivity contribution in [2.45, 2.75) is 63.5 Å². The molecule has 0 aromatic heterocycles. The molecule has 148 valence electrons. The lowest BCUT2D eigenvalue weighted by atomic mass is 9.87. The summed E-state index contributed by atoms with van der Waals surface area (Å²) < 4.78 is 80.7. The first kappa shape index (κ1) is 22.3. The van der Waals surface area contributed by atoms with Crippen molar-refractivity contribution in [2.24, 2.45) is 5.73 Å². The predicted octanol–water partition coefficient (Wildman–Crippen LogP) is 4.33. The Balaban J connectivity index is 3.04. The molecule has 0 saturated heterocycles. The Bertz CT molecular complexity index is 616. The van der Waals surface area contributed by atoms with Crippen molar-refractivity contribution in [3.8, 4) is 0 Å². The highest BCUT2D eigenvalue weighted by Crippen LogP contribution is 2.31. The summed E-state index contributed by atoms with van der Waals surface area (Å²) in [6.45, 7) is 4.47. The van der Waals surface area contributed by atoms with Crippen molar-refractivity contribution in [1.29, 1.82) is 0 Å². The Morgan fingerprint density at radius 1 is 0.885 bits per heavy atom. The molecule has 0 aliphatic rings. The van der Waals surface area contributed by atoms with E-state index in [2.05, 4.69) is 0 Å². The first-order chi connectivity index (χ1) is 11.5. The minimum Gasteiger partial charge on any atom is -0.459 e. The summed E-state index contributed by atoms with van der Waals surface area (Å²) >= 11 is 0. The first-order valence-electron chi connectivity index (χ1n) is 7.73. The molecule has 3 nitrogen and oxygen atoms in total. The third-order valence-electron chi connectivity index (χ3n) is 3.27. The standard InChI is InChI=1S/C17H21F6NO2/c1-14(2,3)26-13(25)15(24,10-17(21,22)23)8-11-4-6-12(7-5-11)9-16(18,19)20/h4-7H,8-10,24H2,1-3H3/t15-/m1/s1. The lowest BCUT2D eigenvalue weighted by molar-refractivity contribution is -0.179. The van der Waals surface area contributed by atoms with Gasteiger partial charge in [0.15, 0.2) is 0 Å². The zero-order chi connectivity index (χ0) is 20.4. The van der Waals surface area contributed by atoms with Crippen LogP contribution in [0.25, 0.3) is 0 Å². The summed E-state index contributed by atoms with van der Waals surface area (Å²) in [6.07, 6.45) is -12.4. The number of esters is 1. The van der Waals surface area contributed by atoms with E-state index in [0.717, 1.165) is 12.1 Å². The Hall–Kier alpha value is -1.77. The molecule has 0 amide bonds. The van der Waals surface area contributed by atoms with Gasteiger partial charge >= 0.3 is 18.3 Å². The molecule has 0 spiro atoms. The van der Waals surface area contributed by atoms with Gasteiger partial charge in [-0.05, 0) is 31.9 Å². The highest BCUT2D eigenvalue weighted by atomic mass is 19.4. The molecule has 1 aromatic rings. The number of ether oxygens (including phenoxy) is 1. The Morgan fingerprint density at radius 3 is 1.65 bits per heavy atom. The molecule has 0 unspecified atom stereocenters. The number of rotatable bonds is 5. The van der Waals surface area contributed by atoms with Gasteiger partial charge in [0, 0.05) is 6.42 Å². The molecule has 1 rings (SSSR count). The van der Waals surface area contributed by atoms with Gasteiger partial charge in [-0.1, -0.05) is 24.3 Å². The molecule has 0 aliphatic carbocycles. The molecule has 26 heavy (non-hydrogen) atoms. The van der Waals surface area contributed by atoms with Gasteiger partial charge in [-0.15, -0.1) is 0 Å². The average Bonchev–Trinajstić information content (AvgIpc) is 2.35. The fourth-order valence-electron chi connectivity index (χ4n) is 2.31. The number of nitrogens with two attached hydrogens (primary N) is 1. The van der Waals surface area contributed by atoms with E-state index in [1.165, 1.54) is 32.9 Å². The van der Waals surface area contributed by atoms with Gasteiger partial charge in [0.2, 0.25) is 0 Å². The molecule has 0 aliphatic heterocycles. The lowest BCUT2D eigenvalue weighted by Crippen LogP contribution is -2.55. The Morgan fingerprint density at radius 2 is 1.31 bits per heavy atom. The number of hydrogen-bond acceptors (Lipinski definition) is 3. The van der Waals surface area contributed by atoms with Gasteiger partial charge in [-0.3, -0.25) is 4.79 Å².